The number of nitrogens with one attached hydrogen (secondary N) is 1. The first-order chi connectivity index (χ1) is 14.2. The van der Waals surface area contributed by atoms with E-state index in [1.807, 2.05) is 0 Å². The van der Waals surface area contributed by atoms with Crippen LogP contribution in [0.25, 0.3) is 17.4 Å². The minimum absolute atomic E-state index is 0.0371. The van der Waals surface area contributed by atoms with Gasteiger partial charge in [0.15, 0.2) is 0 Å². The highest BCUT2D eigenvalue weighted by Gasteiger charge is 2.35. The summed E-state index contributed by atoms with van der Waals surface area (Å²) in [6.07, 6.45) is -3.17. The molecule has 5 nitrogen and oxygen atoms in total. The third-order valence-corrected chi connectivity index (χ3v) is 4.57. The zero-order valence-corrected chi connectivity index (χ0v) is 15.8. The van der Waals surface area contributed by atoms with Crippen molar-refractivity contribution in [2.45, 2.75) is 6.18 Å². The number of furan rings is 1. The maximum Gasteiger partial charge on any atom is 0.416 e. The molecule has 152 valence electrons. The molecule has 0 unspecified atom stereocenters. The van der Waals surface area contributed by atoms with Gasteiger partial charge in [-0.2, -0.15) is 13.2 Å². The first-order valence-electron chi connectivity index (χ1n) is 8.62. The van der Waals surface area contributed by atoms with E-state index in [-0.39, 0.29) is 22.8 Å². The standard InChI is InChI=1S/C21H12ClF3N2O3/c22-14-5-2-6-15(10-14)27-19(28)17(26-20(27)29)11-16-7-8-18(30-16)12-3-1-4-13(9-12)21(23,24)25/h1-11H,(H,26,29)/b17-11-. The van der Waals surface area contributed by atoms with E-state index in [2.05, 4.69) is 5.32 Å². The Morgan fingerprint density at radius 2 is 1.77 bits per heavy atom. The normalized spacial score (nSPS) is 15.7. The molecule has 0 saturated carbocycles. The predicted molar refractivity (Wildman–Crippen MR) is 105 cm³/mol. The number of amides is 3. The Kier molecular flexibility index (Phi) is 4.87. The Balaban J connectivity index is 1.61. The third kappa shape index (κ3) is 3.81. The van der Waals surface area contributed by atoms with Gasteiger partial charge in [0, 0.05) is 16.7 Å². The molecule has 1 N–H and O–H groups in total. The fourth-order valence-corrected chi connectivity index (χ4v) is 3.15. The number of halogens is 4. The van der Waals surface area contributed by atoms with Crippen LogP contribution in [0.15, 0.2) is 70.8 Å². The van der Waals surface area contributed by atoms with Crippen molar-refractivity contribution in [3.63, 3.8) is 0 Å². The third-order valence-electron chi connectivity index (χ3n) is 4.33. The van der Waals surface area contributed by atoms with E-state index >= 15 is 0 Å². The van der Waals surface area contributed by atoms with Gasteiger partial charge in [-0.05, 0) is 42.5 Å². The molecule has 3 amide bonds. The maximum absolute atomic E-state index is 12.9. The first kappa shape index (κ1) is 19.8. The maximum atomic E-state index is 12.9. The van der Waals surface area contributed by atoms with E-state index in [1.165, 1.54) is 36.4 Å². The van der Waals surface area contributed by atoms with Crippen LogP contribution in [0.1, 0.15) is 11.3 Å². The van der Waals surface area contributed by atoms with Gasteiger partial charge in [-0.1, -0.05) is 29.8 Å². The van der Waals surface area contributed by atoms with E-state index in [0.29, 0.717) is 10.7 Å². The molecular formula is C21H12ClF3N2O3. The van der Waals surface area contributed by atoms with Crippen LogP contribution in [-0.4, -0.2) is 11.9 Å². The number of imide groups is 1. The van der Waals surface area contributed by atoms with E-state index in [0.717, 1.165) is 17.0 Å². The lowest BCUT2D eigenvalue weighted by molar-refractivity contribution is -0.137. The SMILES string of the molecule is O=C1N/C(=C\c2ccc(-c3cccc(C(F)(F)F)c3)o2)C(=O)N1c1cccc(Cl)c1. The van der Waals surface area contributed by atoms with Gasteiger partial charge < -0.3 is 9.73 Å². The Bertz CT molecular complexity index is 1180. The molecule has 2 heterocycles. The van der Waals surface area contributed by atoms with Crippen LogP contribution >= 0.6 is 11.6 Å². The lowest BCUT2D eigenvalue weighted by Gasteiger charge is -2.11. The van der Waals surface area contributed by atoms with Crippen LogP contribution in [-0.2, 0) is 11.0 Å². The molecule has 0 bridgehead atoms. The van der Waals surface area contributed by atoms with Crippen molar-refractivity contribution in [1.82, 2.24) is 5.32 Å². The summed E-state index contributed by atoms with van der Waals surface area (Å²) in [5.41, 5.74) is -0.300. The molecular weight excluding hydrogens is 421 g/mol. The van der Waals surface area contributed by atoms with Crippen LogP contribution in [0.5, 0.6) is 0 Å². The van der Waals surface area contributed by atoms with Crippen molar-refractivity contribution in [1.29, 1.82) is 0 Å². The number of alkyl halides is 3. The number of anilines is 1. The molecule has 1 aliphatic rings. The summed E-state index contributed by atoms with van der Waals surface area (Å²) in [7, 11) is 0. The summed E-state index contributed by atoms with van der Waals surface area (Å²) in [6.45, 7) is 0. The summed E-state index contributed by atoms with van der Waals surface area (Å²) < 4.78 is 44.3. The van der Waals surface area contributed by atoms with Crippen LogP contribution in [0.2, 0.25) is 5.02 Å². The van der Waals surface area contributed by atoms with Crippen LogP contribution in [0, 0.1) is 0 Å². The van der Waals surface area contributed by atoms with E-state index in [9.17, 15) is 22.8 Å². The Labute approximate surface area is 173 Å². The van der Waals surface area contributed by atoms with Gasteiger partial charge in [-0.3, -0.25) is 4.79 Å². The number of hydrogen-bond acceptors (Lipinski definition) is 3. The minimum Gasteiger partial charge on any atom is -0.457 e. The molecule has 1 aromatic heterocycles. The topological polar surface area (TPSA) is 62.6 Å². The number of carbonyl (C=O) groups is 2. The fourth-order valence-electron chi connectivity index (χ4n) is 2.96. The summed E-state index contributed by atoms with van der Waals surface area (Å²) >= 11 is 5.92. The van der Waals surface area contributed by atoms with Gasteiger partial charge in [0.05, 0.1) is 11.3 Å². The second-order valence-electron chi connectivity index (χ2n) is 6.39. The lowest BCUT2D eigenvalue weighted by atomic mass is 10.1. The Morgan fingerprint density at radius 3 is 2.50 bits per heavy atom. The van der Waals surface area contributed by atoms with Gasteiger partial charge >= 0.3 is 12.2 Å². The summed E-state index contributed by atoms with van der Waals surface area (Å²) in [6, 6.07) is 13.3. The van der Waals surface area contributed by atoms with E-state index < -0.39 is 23.7 Å². The predicted octanol–water partition coefficient (Wildman–Crippen LogP) is 5.72. The molecule has 9 heteroatoms. The van der Waals surface area contributed by atoms with Crippen LogP contribution < -0.4 is 10.2 Å². The summed E-state index contributed by atoms with van der Waals surface area (Å²) in [5.74, 6) is -0.227. The monoisotopic (exact) mass is 432 g/mol. The van der Waals surface area contributed by atoms with Gasteiger partial charge in [0.2, 0.25) is 0 Å². The highest BCUT2D eigenvalue weighted by Crippen LogP contribution is 2.33. The van der Waals surface area contributed by atoms with Gasteiger partial charge in [0.1, 0.15) is 17.2 Å². The molecule has 1 saturated heterocycles. The lowest BCUT2D eigenvalue weighted by Crippen LogP contribution is -2.30. The quantitative estimate of drug-likeness (QED) is 0.425. The summed E-state index contributed by atoms with van der Waals surface area (Å²) in [4.78, 5) is 25.8. The highest BCUT2D eigenvalue weighted by molar-refractivity contribution is 6.32. The molecule has 0 spiro atoms. The molecule has 4 rings (SSSR count). The van der Waals surface area contributed by atoms with Crippen molar-refractivity contribution < 1.29 is 27.2 Å². The molecule has 0 radical (unpaired) electrons. The second kappa shape index (κ2) is 7.38. The molecule has 0 atom stereocenters. The van der Waals surface area contributed by atoms with Crippen molar-refractivity contribution in [2.24, 2.45) is 0 Å². The van der Waals surface area contributed by atoms with Crippen LogP contribution in [0.3, 0.4) is 0 Å². The smallest absolute Gasteiger partial charge is 0.416 e. The van der Waals surface area contributed by atoms with E-state index in [1.54, 1.807) is 18.2 Å². The largest absolute Gasteiger partial charge is 0.457 e. The molecule has 2 aromatic carbocycles. The number of rotatable bonds is 3. The average molecular weight is 433 g/mol. The molecule has 1 aliphatic heterocycles. The number of hydrogen-bond donors (Lipinski definition) is 1. The van der Waals surface area contributed by atoms with E-state index in [4.69, 9.17) is 16.0 Å². The van der Waals surface area contributed by atoms with Crippen molar-refractivity contribution >= 4 is 35.3 Å². The van der Waals surface area contributed by atoms with Crippen LogP contribution in [0.4, 0.5) is 23.7 Å². The van der Waals surface area contributed by atoms with Crippen molar-refractivity contribution in [2.75, 3.05) is 4.90 Å². The zero-order chi connectivity index (χ0) is 21.5. The summed E-state index contributed by atoms with van der Waals surface area (Å²) in [5, 5.41) is 2.81. The minimum atomic E-state index is -4.47. The second-order valence-corrected chi connectivity index (χ2v) is 6.83. The number of urea groups is 1. The number of carbonyl (C=O) groups excluding carboxylic acids is 2. The van der Waals surface area contributed by atoms with Gasteiger partial charge in [-0.25, -0.2) is 9.69 Å². The van der Waals surface area contributed by atoms with Crippen molar-refractivity contribution in [3.8, 4) is 11.3 Å². The van der Waals surface area contributed by atoms with Gasteiger partial charge in [-0.15, -0.1) is 0 Å². The average Bonchev–Trinajstić information content (AvgIpc) is 3.26. The van der Waals surface area contributed by atoms with Gasteiger partial charge in [0.25, 0.3) is 5.91 Å². The Hall–Kier alpha value is -3.52. The molecule has 1 fully saturated rings. The molecule has 30 heavy (non-hydrogen) atoms. The molecule has 3 aromatic rings. The number of benzene rings is 2. The zero-order valence-electron chi connectivity index (χ0n) is 15.0. The fraction of sp³-hybridized carbons (Fsp3) is 0.0476. The first-order valence-corrected chi connectivity index (χ1v) is 9.00. The number of nitrogens with zero attached hydrogens (tertiary/aromatic N) is 1. The molecule has 0 aliphatic carbocycles. The van der Waals surface area contributed by atoms with Crippen molar-refractivity contribution in [3.05, 3.63) is 82.7 Å². The highest BCUT2D eigenvalue weighted by atomic mass is 35.5. The Morgan fingerprint density at radius 1 is 1.00 bits per heavy atom.